The molecule has 36 heavy (non-hydrogen) atoms. The molecular weight excluding hydrogens is 475 g/mol. The normalized spacial score (nSPS) is 15.2. The first-order valence-electron chi connectivity index (χ1n) is 12.4. The molecule has 1 aromatic heterocycles. The molecule has 1 aliphatic heterocycles. The number of ether oxygens (including phenoxy) is 1. The summed E-state index contributed by atoms with van der Waals surface area (Å²) >= 11 is 1.69. The number of nitrogens with zero attached hydrogens (tertiary/aromatic N) is 2. The van der Waals surface area contributed by atoms with Crippen LogP contribution in [0.4, 0.5) is 4.39 Å². The van der Waals surface area contributed by atoms with Crippen molar-refractivity contribution in [3.63, 3.8) is 0 Å². The van der Waals surface area contributed by atoms with E-state index >= 15 is 0 Å². The molecule has 2 amide bonds. The standard InChI is InChI=1S/C29H33FN2O3S/c1-19(2)21-9-11-22(12-10-21)35-18-26-24-14-16-36-27(24)13-15-31(26)28(33)17-32(20(3)4)29(34)23-7-5-6-8-25(23)30/h5-12,14,16,19-20,26H,13,15,17-18H2,1-4H3/t26-/m0/s1. The molecule has 0 radical (unpaired) electrons. The highest BCUT2D eigenvalue weighted by molar-refractivity contribution is 7.10. The van der Waals surface area contributed by atoms with Crippen LogP contribution in [0.15, 0.2) is 60.0 Å². The molecule has 5 nitrogen and oxygen atoms in total. The van der Waals surface area contributed by atoms with E-state index in [0.717, 1.165) is 17.7 Å². The third-order valence-corrected chi connectivity index (χ3v) is 7.66. The monoisotopic (exact) mass is 508 g/mol. The van der Waals surface area contributed by atoms with E-state index in [1.54, 1.807) is 23.5 Å². The van der Waals surface area contributed by atoms with Crippen molar-refractivity contribution in [2.24, 2.45) is 0 Å². The minimum Gasteiger partial charge on any atom is -0.491 e. The minimum atomic E-state index is -0.587. The molecule has 0 unspecified atom stereocenters. The van der Waals surface area contributed by atoms with Crippen molar-refractivity contribution in [2.45, 2.75) is 52.1 Å². The van der Waals surface area contributed by atoms with E-state index in [0.29, 0.717) is 19.1 Å². The van der Waals surface area contributed by atoms with Gasteiger partial charge in [-0.1, -0.05) is 38.1 Å². The maximum absolute atomic E-state index is 14.3. The summed E-state index contributed by atoms with van der Waals surface area (Å²) in [4.78, 5) is 31.2. The summed E-state index contributed by atoms with van der Waals surface area (Å²) in [6.45, 7) is 8.71. The van der Waals surface area contributed by atoms with Crippen molar-refractivity contribution in [2.75, 3.05) is 19.7 Å². The molecule has 4 rings (SSSR count). The first kappa shape index (κ1) is 25.9. The second-order valence-electron chi connectivity index (χ2n) is 9.69. The smallest absolute Gasteiger partial charge is 0.257 e. The van der Waals surface area contributed by atoms with Crippen molar-refractivity contribution in [3.8, 4) is 5.75 Å². The predicted molar refractivity (Wildman–Crippen MR) is 141 cm³/mol. The molecule has 7 heteroatoms. The lowest BCUT2D eigenvalue weighted by atomic mass is 10.00. The van der Waals surface area contributed by atoms with E-state index in [1.165, 1.54) is 27.5 Å². The fourth-order valence-corrected chi connectivity index (χ4v) is 5.44. The Kier molecular flexibility index (Phi) is 8.09. The maximum atomic E-state index is 14.3. The van der Waals surface area contributed by atoms with E-state index in [9.17, 15) is 14.0 Å². The predicted octanol–water partition coefficient (Wildman–Crippen LogP) is 6.07. The molecule has 0 aliphatic carbocycles. The summed E-state index contributed by atoms with van der Waals surface area (Å²) in [6, 6.07) is 15.5. The summed E-state index contributed by atoms with van der Waals surface area (Å²) in [5.74, 6) is -0.0458. The molecule has 3 aromatic rings. The first-order valence-corrected chi connectivity index (χ1v) is 13.3. The van der Waals surface area contributed by atoms with Gasteiger partial charge in [-0.25, -0.2) is 4.39 Å². The van der Waals surface area contributed by atoms with Gasteiger partial charge in [0.2, 0.25) is 5.91 Å². The number of halogens is 1. The zero-order valence-electron chi connectivity index (χ0n) is 21.2. The van der Waals surface area contributed by atoms with E-state index in [2.05, 4.69) is 32.0 Å². The molecule has 2 heterocycles. The number of hydrogen-bond donors (Lipinski definition) is 0. The highest BCUT2D eigenvalue weighted by atomic mass is 32.1. The van der Waals surface area contributed by atoms with Crippen LogP contribution >= 0.6 is 11.3 Å². The fourth-order valence-electron chi connectivity index (χ4n) is 4.51. The molecule has 0 fully saturated rings. The van der Waals surface area contributed by atoms with Crippen molar-refractivity contribution in [1.82, 2.24) is 9.80 Å². The molecule has 190 valence electrons. The zero-order chi connectivity index (χ0) is 25.8. The van der Waals surface area contributed by atoms with Gasteiger partial charge < -0.3 is 14.5 Å². The Morgan fingerprint density at radius 2 is 1.81 bits per heavy atom. The highest BCUT2D eigenvalue weighted by Crippen LogP contribution is 2.34. The van der Waals surface area contributed by atoms with Gasteiger partial charge in [0, 0.05) is 17.5 Å². The Balaban J connectivity index is 1.52. The largest absolute Gasteiger partial charge is 0.491 e. The first-order chi connectivity index (χ1) is 17.3. The molecule has 0 spiro atoms. The molecule has 0 saturated heterocycles. The number of fused-ring (bicyclic) bond motifs is 1. The van der Waals surface area contributed by atoms with Gasteiger partial charge >= 0.3 is 0 Å². The molecule has 0 saturated carbocycles. The quantitative estimate of drug-likeness (QED) is 0.371. The van der Waals surface area contributed by atoms with E-state index in [-0.39, 0.29) is 30.1 Å². The summed E-state index contributed by atoms with van der Waals surface area (Å²) in [5, 5.41) is 2.05. The number of amides is 2. The lowest BCUT2D eigenvalue weighted by Crippen LogP contribution is -2.49. The topological polar surface area (TPSA) is 49.9 Å². The zero-order valence-corrected chi connectivity index (χ0v) is 22.1. The number of benzene rings is 2. The van der Waals surface area contributed by atoms with E-state index < -0.39 is 11.7 Å². The summed E-state index contributed by atoms with van der Waals surface area (Å²) in [5.41, 5.74) is 2.31. The van der Waals surface area contributed by atoms with Gasteiger partial charge in [0.1, 0.15) is 24.7 Å². The Labute approximate surface area is 216 Å². The number of thiophene rings is 1. The average molecular weight is 509 g/mol. The maximum Gasteiger partial charge on any atom is 0.257 e. The van der Waals surface area contributed by atoms with Crippen LogP contribution in [-0.4, -0.2) is 47.4 Å². The highest BCUT2D eigenvalue weighted by Gasteiger charge is 2.34. The summed E-state index contributed by atoms with van der Waals surface area (Å²) < 4.78 is 20.5. The molecule has 1 atom stereocenters. The van der Waals surface area contributed by atoms with Gasteiger partial charge in [0.05, 0.1) is 11.6 Å². The Bertz CT molecular complexity index is 1210. The second kappa shape index (κ2) is 11.2. The lowest BCUT2D eigenvalue weighted by molar-refractivity contribution is -0.136. The van der Waals surface area contributed by atoms with Crippen LogP contribution in [0.2, 0.25) is 0 Å². The third kappa shape index (κ3) is 5.62. The number of rotatable bonds is 8. The third-order valence-electron chi connectivity index (χ3n) is 6.66. The minimum absolute atomic E-state index is 0.0255. The van der Waals surface area contributed by atoms with E-state index in [4.69, 9.17) is 4.74 Å². The van der Waals surface area contributed by atoms with Gasteiger partial charge in [-0.15, -0.1) is 11.3 Å². The summed E-state index contributed by atoms with van der Waals surface area (Å²) in [6.07, 6.45) is 0.765. The molecule has 1 aliphatic rings. The van der Waals surface area contributed by atoms with Crippen molar-refractivity contribution in [3.05, 3.63) is 87.4 Å². The lowest BCUT2D eigenvalue weighted by Gasteiger charge is -2.37. The van der Waals surface area contributed by atoms with Crippen LogP contribution in [0.3, 0.4) is 0 Å². The average Bonchev–Trinajstić information content (AvgIpc) is 3.35. The van der Waals surface area contributed by atoms with E-state index in [1.807, 2.05) is 36.3 Å². The van der Waals surface area contributed by atoms with Crippen LogP contribution in [0.25, 0.3) is 0 Å². The second-order valence-corrected chi connectivity index (χ2v) is 10.7. The number of carbonyl (C=O) groups excluding carboxylic acids is 2. The van der Waals surface area contributed by atoms with Gasteiger partial charge in [-0.2, -0.15) is 0 Å². The number of hydrogen-bond acceptors (Lipinski definition) is 4. The fraction of sp³-hybridized carbons (Fsp3) is 0.379. The van der Waals surface area contributed by atoms with Gasteiger partial charge in [0.15, 0.2) is 0 Å². The molecular formula is C29H33FN2O3S. The van der Waals surface area contributed by atoms with Crippen LogP contribution in [0.5, 0.6) is 5.75 Å². The number of carbonyl (C=O) groups is 2. The van der Waals surface area contributed by atoms with Crippen LogP contribution in [0, 0.1) is 5.82 Å². The van der Waals surface area contributed by atoms with Crippen molar-refractivity contribution >= 4 is 23.2 Å². The van der Waals surface area contributed by atoms with Gasteiger partial charge in [0.25, 0.3) is 5.91 Å². The van der Waals surface area contributed by atoms with Crippen molar-refractivity contribution < 1.29 is 18.7 Å². The van der Waals surface area contributed by atoms with Crippen molar-refractivity contribution in [1.29, 1.82) is 0 Å². The Morgan fingerprint density at radius 3 is 2.47 bits per heavy atom. The van der Waals surface area contributed by atoms with Crippen LogP contribution in [0.1, 0.15) is 66.0 Å². The molecule has 0 N–H and O–H groups in total. The van der Waals surface area contributed by atoms with Gasteiger partial charge in [-0.3, -0.25) is 9.59 Å². The Hall–Kier alpha value is -3.19. The summed E-state index contributed by atoms with van der Waals surface area (Å²) in [7, 11) is 0. The molecule has 2 aromatic carbocycles. The van der Waals surface area contributed by atoms with Crippen LogP contribution in [-0.2, 0) is 11.2 Å². The molecule has 0 bridgehead atoms. The van der Waals surface area contributed by atoms with Gasteiger partial charge in [-0.05, 0) is 73.0 Å². The van der Waals surface area contributed by atoms with Crippen LogP contribution < -0.4 is 4.74 Å². The Morgan fingerprint density at radius 1 is 1.08 bits per heavy atom. The SMILES string of the molecule is CC(C)c1ccc(OC[C@H]2c3ccsc3CCN2C(=O)CN(C(=O)c2ccccc2F)C(C)C)cc1.